The van der Waals surface area contributed by atoms with E-state index in [0.29, 0.717) is 11.3 Å². The van der Waals surface area contributed by atoms with E-state index in [1.165, 1.54) is 28.6 Å². The van der Waals surface area contributed by atoms with Crippen molar-refractivity contribution in [2.45, 2.75) is 17.9 Å². The van der Waals surface area contributed by atoms with Gasteiger partial charge in [-0.2, -0.15) is 4.31 Å². The normalized spacial score (nSPS) is 11.3. The number of rotatable bonds is 9. The predicted octanol–water partition coefficient (Wildman–Crippen LogP) is 3.66. The number of anilines is 1. The van der Waals surface area contributed by atoms with Gasteiger partial charge >= 0.3 is 0 Å². The third kappa shape index (κ3) is 5.94. The molecule has 0 saturated heterocycles. The van der Waals surface area contributed by atoms with Crippen molar-refractivity contribution in [3.8, 4) is 0 Å². The Labute approximate surface area is 191 Å². The maximum atomic E-state index is 13.3. The molecule has 0 unspecified atom stereocenters. The highest BCUT2D eigenvalue weighted by Gasteiger charge is 2.27. The number of carbonyl (C=O) groups excluding carboxylic acids is 2. The highest BCUT2D eigenvalue weighted by Crippen LogP contribution is 2.25. The van der Waals surface area contributed by atoms with Crippen LogP contribution in [0.2, 0.25) is 5.02 Å². The molecular weight excluding hydrogens is 450 g/mol. The van der Waals surface area contributed by atoms with Gasteiger partial charge in [-0.1, -0.05) is 54.1 Å². The average Bonchev–Trinajstić information content (AvgIpc) is 2.77. The highest BCUT2D eigenvalue weighted by molar-refractivity contribution is 7.89. The molecule has 0 spiro atoms. The van der Waals surface area contributed by atoms with Gasteiger partial charge in [0, 0.05) is 30.8 Å². The van der Waals surface area contributed by atoms with Crippen molar-refractivity contribution in [1.29, 1.82) is 0 Å². The molecule has 3 aromatic carbocycles. The molecule has 0 heterocycles. The summed E-state index contributed by atoms with van der Waals surface area (Å²) in [5.41, 5.74) is 6.79. The average molecular weight is 472 g/mol. The van der Waals surface area contributed by atoms with Gasteiger partial charge in [-0.3, -0.25) is 9.59 Å². The summed E-state index contributed by atoms with van der Waals surface area (Å²) in [6.07, 6.45) is -0.0753. The van der Waals surface area contributed by atoms with E-state index in [1.807, 2.05) is 30.3 Å². The van der Waals surface area contributed by atoms with E-state index < -0.39 is 15.9 Å². The van der Waals surface area contributed by atoms with Crippen molar-refractivity contribution < 1.29 is 18.0 Å². The first-order valence-corrected chi connectivity index (χ1v) is 11.6. The lowest BCUT2D eigenvalue weighted by atomic mass is 10.2. The molecule has 3 aromatic rings. The van der Waals surface area contributed by atoms with Gasteiger partial charge in [-0.15, -0.1) is 0 Å². The van der Waals surface area contributed by atoms with E-state index >= 15 is 0 Å². The summed E-state index contributed by atoms with van der Waals surface area (Å²) in [6.45, 7) is 0.0443. The van der Waals surface area contributed by atoms with E-state index in [2.05, 4.69) is 5.32 Å². The Balaban J connectivity index is 1.76. The number of benzene rings is 3. The number of hydrogen-bond acceptors (Lipinski definition) is 4. The van der Waals surface area contributed by atoms with Crippen molar-refractivity contribution in [3.63, 3.8) is 0 Å². The van der Waals surface area contributed by atoms with Crippen molar-refractivity contribution in [3.05, 3.63) is 95.0 Å². The SMILES string of the molecule is NC(=O)c1ccc(NC(=O)CCN(Cc2ccccc2)S(=O)(=O)c2ccccc2Cl)cc1. The first kappa shape index (κ1) is 23.5. The van der Waals surface area contributed by atoms with Gasteiger partial charge < -0.3 is 11.1 Å². The van der Waals surface area contributed by atoms with Crippen molar-refractivity contribution >= 4 is 39.1 Å². The van der Waals surface area contributed by atoms with Crippen LogP contribution in [-0.4, -0.2) is 31.1 Å². The van der Waals surface area contributed by atoms with E-state index in [0.717, 1.165) is 5.56 Å². The lowest BCUT2D eigenvalue weighted by Gasteiger charge is -2.23. The second-order valence-corrected chi connectivity index (χ2v) is 9.31. The molecule has 0 atom stereocenters. The second kappa shape index (κ2) is 10.4. The largest absolute Gasteiger partial charge is 0.366 e. The number of amides is 2. The molecule has 0 fully saturated rings. The Morgan fingerprint density at radius 2 is 1.53 bits per heavy atom. The van der Waals surface area contributed by atoms with Gasteiger partial charge in [0.1, 0.15) is 4.90 Å². The fourth-order valence-corrected chi connectivity index (χ4v) is 4.95. The maximum Gasteiger partial charge on any atom is 0.248 e. The number of hydrogen-bond donors (Lipinski definition) is 2. The summed E-state index contributed by atoms with van der Waals surface area (Å²) in [7, 11) is -3.94. The van der Waals surface area contributed by atoms with Gasteiger partial charge in [-0.25, -0.2) is 8.42 Å². The van der Waals surface area contributed by atoms with Gasteiger partial charge in [0.05, 0.1) is 5.02 Å². The summed E-state index contributed by atoms with van der Waals surface area (Å²) in [6, 6.07) is 21.4. The zero-order valence-corrected chi connectivity index (χ0v) is 18.6. The summed E-state index contributed by atoms with van der Waals surface area (Å²) in [5, 5.41) is 2.81. The number of nitrogens with zero attached hydrogens (tertiary/aromatic N) is 1. The Hall–Kier alpha value is -3.20. The fraction of sp³-hybridized carbons (Fsp3) is 0.130. The first-order chi connectivity index (χ1) is 15.3. The van der Waals surface area contributed by atoms with Crippen LogP contribution in [0.3, 0.4) is 0 Å². The lowest BCUT2D eigenvalue weighted by Crippen LogP contribution is -2.33. The molecule has 2 amide bonds. The second-order valence-electron chi connectivity index (χ2n) is 6.99. The van der Waals surface area contributed by atoms with Crippen LogP contribution < -0.4 is 11.1 Å². The molecule has 9 heteroatoms. The highest BCUT2D eigenvalue weighted by atomic mass is 35.5. The quantitative estimate of drug-likeness (QED) is 0.496. The number of nitrogens with one attached hydrogen (secondary N) is 1. The smallest absolute Gasteiger partial charge is 0.248 e. The van der Waals surface area contributed by atoms with Crippen LogP contribution in [0.4, 0.5) is 5.69 Å². The molecule has 32 heavy (non-hydrogen) atoms. The van der Waals surface area contributed by atoms with E-state index in [9.17, 15) is 18.0 Å². The first-order valence-electron chi connectivity index (χ1n) is 9.75. The summed E-state index contributed by atoms with van der Waals surface area (Å²) in [5.74, 6) is -0.937. The van der Waals surface area contributed by atoms with Gasteiger partial charge in [0.15, 0.2) is 0 Å². The Kier molecular flexibility index (Phi) is 7.63. The zero-order valence-electron chi connectivity index (χ0n) is 17.1. The Bertz CT molecular complexity index is 1200. The van der Waals surface area contributed by atoms with Crippen molar-refractivity contribution in [2.75, 3.05) is 11.9 Å². The molecule has 0 radical (unpaired) electrons. The number of carbonyl (C=O) groups is 2. The third-order valence-electron chi connectivity index (χ3n) is 4.70. The minimum atomic E-state index is -3.94. The summed E-state index contributed by atoms with van der Waals surface area (Å²) in [4.78, 5) is 23.6. The molecule has 0 bridgehead atoms. The van der Waals surface area contributed by atoms with Crippen LogP contribution in [0, 0.1) is 0 Å². The topological polar surface area (TPSA) is 110 Å². The van der Waals surface area contributed by atoms with E-state index in [-0.39, 0.29) is 35.3 Å². The number of halogens is 1. The van der Waals surface area contributed by atoms with Crippen LogP contribution in [0.5, 0.6) is 0 Å². The van der Waals surface area contributed by atoms with Gasteiger partial charge in [0.25, 0.3) is 0 Å². The monoisotopic (exact) mass is 471 g/mol. The minimum absolute atomic E-state index is 0.0138. The van der Waals surface area contributed by atoms with Crippen LogP contribution in [0.15, 0.2) is 83.8 Å². The van der Waals surface area contributed by atoms with Crippen LogP contribution in [-0.2, 0) is 21.4 Å². The molecule has 3 rings (SSSR count). The molecule has 7 nitrogen and oxygen atoms in total. The Morgan fingerprint density at radius 1 is 0.906 bits per heavy atom. The number of primary amides is 1. The third-order valence-corrected chi connectivity index (χ3v) is 7.04. The summed E-state index contributed by atoms with van der Waals surface area (Å²) < 4.78 is 27.8. The molecule has 3 N–H and O–H groups in total. The Morgan fingerprint density at radius 3 is 2.16 bits per heavy atom. The predicted molar refractivity (Wildman–Crippen MR) is 124 cm³/mol. The molecule has 166 valence electrons. The van der Waals surface area contributed by atoms with Gasteiger partial charge in [-0.05, 0) is 42.0 Å². The number of sulfonamides is 1. The van der Waals surface area contributed by atoms with Crippen LogP contribution >= 0.6 is 11.6 Å². The van der Waals surface area contributed by atoms with Crippen LogP contribution in [0.25, 0.3) is 0 Å². The molecule has 0 aliphatic heterocycles. The molecule has 0 saturated carbocycles. The van der Waals surface area contributed by atoms with Gasteiger partial charge in [0.2, 0.25) is 21.8 Å². The zero-order chi connectivity index (χ0) is 23.1. The standard InChI is InChI=1S/C23H22ClN3O4S/c24-20-8-4-5-9-21(20)32(30,31)27(16-17-6-2-1-3-7-17)15-14-22(28)26-19-12-10-18(11-13-19)23(25)29/h1-13H,14-16H2,(H2,25,29)(H,26,28). The molecule has 0 aliphatic rings. The molecule has 0 aromatic heterocycles. The van der Waals surface area contributed by atoms with Crippen molar-refractivity contribution in [1.82, 2.24) is 4.31 Å². The molecule has 0 aliphatic carbocycles. The summed E-state index contributed by atoms with van der Waals surface area (Å²) >= 11 is 6.14. The van der Waals surface area contributed by atoms with E-state index in [1.54, 1.807) is 24.3 Å². The minimum Gasteiger partial charge on any atom is -0.366 e. The molecular formula is C23H22ClN3O4S. The number of nitrogens with two attached hydrogens (primary N) is 1. The van der Waals surface area contributed by atoms with Crippen molar-refractivity contribution in [2.24, 2.45) is 5.73 Å². The lowest BCUT2D eigenvalue weighted by molar-refractivity contribution is -0.116. The fourth-order valence-electron chi connectivity index (χ4n) is 3.03. The van der Waals surface area contributed by atoms with E-state index in [4.69, 9.17) is 17.3 Å². The van der Waals surface area contributed by atoms with Crippen LogP contribution in [0.1, 0.15) is 22.3 Å². The maximum absolute atomic E-state index is 13.3.